The lowest BCUT2D eigenvalue weighted by molar-refractivity contribution is -0.137. The normalized spacial score (nSPS) is 11.7. The molecule has 10 heteroatoms. The van der Waals surface area contributed by atoms with Crippen molar-refractivity contribution in [3.63, 3.8) is 0 Å². The molecular formula is C23H21F3N2O4S. The Morgan fingerprint density at radius 2 is 1.61 bits per heavy atom. The first-order chi connectivity index (χ1) is 15.5. The van der Waals surface area contributed by atoms with Gasteiger partial charge in [-0.05, 0) is 67.9 Å². The number of ether oxygens (including phenoxy) is 1. The summed E-state index contributed by atoms with van der Waals surface area (Å²) < 4.78 is 73.3. The van der Waals surface area contributed by atoms with Crippen LogP contribution in [0.2, 0.25) is 0 Å². The summed E-state index contributed by atoms with van der Waals surface area (Å²) in [4.78, 5) is 12.4. The average molecular weight is 478 g/mol. The Labute approximate surface area is 189 Å². The number of hydrogen-bond acceptors (Lipinski definition) is 4. The van der Waals surface area contributed by atoms with Crippen LogP contribution in [0.4, 0.5) is 24.5 Å². The second-order valence-corrected chi connectivity index (χ2v) is 8.69. The number of nitrogens with one attached hydrogen (secondary N) is 2. The summed E-state index contributed by atoms with van der Waals surface area (Å²) in [6.45, 7) is 3.86. The Hall–Kier alpha value is -3.53. The van der Waals surface area contributed by atoms with E-state index in [2.05, 4.69) is 10.0 Å². The van der Waals surface area contributed by atoms with Crippen LogP contribution >= 0.6 is 0 Å². The number of amides is 1. The maximum Gasteiger partial charge on any atom is 0.417 e. The third kappa shape index (κ3) is 5.83. The van der Waals surface area contributed by atoms with Crippen molar-refractivity contribution in [2.24, 2.45) is 0 Å². The molecule has 0 aliphatic heterocycles. The van der Waals surface area contributed by atoms with Gasteiger partial charge in [-0.1, -0.05) is 18.2 Å². The van der Waals surface area contributed by atoms with E-state index in [1.165, 1.54) is 42.5 Å². The van der Waals surface area contributed by atoms with Gasteiger partial charge in [-0.15, -0.1) is 0 Å². The van der Waals surface area contributed by atoms with Gasteiger partial charge in [-0.3, -0.25) is 9.52 Å². The highest BCUT2D eigenvalue weighted by molar-refractivity contribution is 7.92. The highest BCUT2D eigenvalue weighted by Gasteiger charge is 2.34. The van der Waals surface area contributed by atoms with E-state index in [-0.39, 0.29) is 10.6 Å². The monoisotopic (exact) mass is 478 g/mol. The number of halogens is 3. The molecule has 0 bridgehead atoms. The van der Waals surface area contributed by atoms with Crippen LogP contribution in [0.15, 0.2) is 71.6 Å². The fraction of sp³-hybridized carbons (Fsp3) is 0.174. The number of rotatable bonds is 7. The SMILES string of the molecule is CCOc1ccc(NS(=O)(=O)c2cc(NC(=O)c3ccccc3C(F)(F)F)ccc2C)cc1. The van der Waals surface area contributed by atoms with Crippen molar-refractivity contribution in [2.45, 2.75) is 24.9 Å². The summed E-state index contributed by atoms with van der Waals surface area (Å²) in [5.41, 5.74) is -0.926. The topological polar surface area (TPSA) is 84.5 Å². The molecule has 0 aromatic heterocycles. The summed E-state index contributed by atoms with van der Waals surface area (Å²) in [7, 11) is -4.05. The first-order valence-electron chi connectivity index (χ1n) is 9.85. The molecule has 0 fully saturated rings. The molecule has 0 radical (unpaired) electrons. The van der Waals surface area contributed by atoms with Crippen molar-refractivity contribution >= 4 is 27.3 Å². The standard InChI is InChI=1S/C23H21F3N2O4S/c1-3-32-18-12-10-16(11-13-18)28-33(30,31)21-14-17(9-8-15(21)2)27-22(29)19-6-4-5-7-20(19)23(24,25)26/h4-14,28H,3H2,1-2H3,(H,27,29). The second kappa shape index (κ2) is 9.53. The average Bonchev–Trinajstić information content (AvgIpc) is 2.75. The van der Waals surface area contributed by atoms with Crippen molar-refractivity contribution < 1.29 is 31.1 Å². The summed E-state index contributed by atoms with van der Waals surface area (Å²) in [6.07, 6.45) is -4.71. The molecule has 0 aliphatic rings. The van der Waals surface area contributed by atoms with Gasteiger partial charge in [0.1, 0.15) is 5.75 Å². The van der Waals surface area contributed by atoms with Crippen LogP contribution in [0.5, 0.6) is 5.75 Å². The molecule has 1 amide bonds. The van der Waals surface area contributed by atoms with Gasteiger partial charge < -0.3 is 10.1 Å². The maximum absolute atomic E-state index is 13.2. The lowest BCUT2D eigenvalue weighted by Gasteiger charge is -2.15. The van der Waals surface area contributed by atoms with E-state index in [9.17, 15) is 26.4 Å². The minimum Gasteiger partial charge on any atom is -0.494 e. The van der Waals surface area contributed by atoms with E-state index >= 15 is 0 Å². The predicted molar refractivity (Wildman–Crippen MR) is 119 cm³/mol. The largest absolute Gasteiger partial charge is 0.494 e. The fourth-order valence-corrected chi connectivity index (χ4v) is 4.42. The smallest absolute Gasteiger partial charge is 0.417 e. The van der Waals surface area contributed by atoms with Gasteiger partial charge >= 0.3 is 6.18 Å². The molecule has 2 N–H and O–H groups in total. The van der Waals surface area contributed by atoms with Crippen molar-refractivity contribution in [3.05, 3.63) is 83.4 Å². The molecule has 3 aromatic rings. The van der Waals surface area contributed by atoms with E-state index < -0.39 is 33.2 Å². The third-order valence-corrected chi connectivity index (χ3v) is 6.15. The number of hydrogen-bond donors (Lipinski definition) is 2. The van der Waals surface area contributed by atoms with E-state index in [1.54, 1.807) is 19.1 Å². The van der Waals surface area contributed by atoms with Gasteiger partial charge in [0.25, 0.3) is 15.9 Å². The Kier molecular flexibility index (Phi) is 6.97. The minimum absolute atomic E-state index is 0.0367. The van der Waals surface area contributed by atoms with Gasteiger partial charge in [0.05, 0.1) is 22.6 Å². The highest BCUT2D eigenvalue weighted by atomic mass is 32.2. The Bertz CT molecular complexity index is 1260. The Balaban J connectivity index is 1.86. The van der Waals surface area contributed by atoms with Gasteiger partial charge in [0.2, 0.25) is 0 Å². The quantitative estimate of drug-likeness (QED) is 0.472. The van der Waals surface area contributed by atoms with Crippen LogP contribution in [-0.2, 0) is 16.2 Å². The number of alkyl halides is 3. The van der Waals surface area contributed by atoms with Gasteiger partial charge in [-0.25, -0.2) is 8.42 Å². The lowest BCUT2D eigenvalue weighted by atomic mass is 10.1. The fourth-order valence-electron chi connectivity index (χ4n) is 3.09. The molecule has 0 saturated heterocycles. The molecule has 3 aromatic carbocycles. The lowest BCUT2D eigenvalue weighted by Crippen LogP contribution is -2.19. The first-order valence-corrected chi connectivity index (χ1v) is 11.3. The molecule has 0 aliphatic carbocycles. The minimum atomic E-state index is -4.71. The summed E-state index contributed by atoms with van der Waals surface area (Å²) in [5, 5.41) is 2.35. The molecule has 0 heterocycles. The van der Waals surface area contributed by atoms with Crippen LogP contribution in [-0.4, -0.2) is 20.9 Å². The maximum atomic E-state index is 13.2. The summed E-state index contributed by atoms with van der Waals surface area (Å²) in [6, 6.07) is 14.7. The zero-order valence-electron chi connectivity index (χ0n) is 17.7. The molecule has 0 unspecified atom stereocenters. The number of benzene rings is 3. The number of carbonyl (C=O) groups is 1. The van der Waals surface area contributed by atoms with E-state index in [4.69, 9.17) is 4.74 Å². The van der Waals surface area contributed by atoms with Crippen molar-refractivity contribution in [3.8, 4) is 5.75 Å². The summed E-state index contributed by atoms with van der Waals surface area (Å²) in [5.74, 6) is -0.421. The Morgan fingerprint density at radius 3 is 2.24 bits per heavy atom. The predicted octanol–water partition coefficient (Wildman–Crippen LogP) is 5.47. The van der Waals surface area contributed by atoms with Gasteiger partial charge in [0.15, 0.2) is 0 Å². The number of carbonyl (C=O) groups excluding carboxylic acids is 1. The Morgan fingerprint density at radius 1 is 0.970 bits per heavy atom. The second-order valence-electron chi connectivity index (χ2n) is 7.04. The van der Waals surface area contributed by atoms with Crippen molar-refractivity contribution in [2.75, 3.05) is 16.6 Å². The summed E-state index contributed by atoms with van der Waals surface area (Å²) >= 11 is 0. The van der Waals surface area contributed by atoms with Crippen LogP contribution < -0.4 is 14.8 Å². The van der Waals surface area contributed by atoms with Crippen molar-refractivity contribution in [1.29, 1.82) is 0 Å². The molecule has 174 valence electrons. The molecule has 33 heavy (non-hydrogen) atoms. The zero-order valence-corrected chi connectivity index (χ0v) is 18.5. The number of aryl methyl sites for hydroxylation is 1. The molecule has 3 rings (SSSR count). The molecule has 0 atom stereocenters. The number of sulfonamides is 1. The van der Waals surface area contributed by atoms with Crippen LogP contribution in [0.1, 0.15) is 28.4 Å². The van der Waals surface area contributed by atoms with Gasteiger partial charge in [-0.2, -0.15) is 13.2 Å². The van der Waals surface area contributed by atoms with Crippen LogP contribution in [0.3, 0.4) is 0 Å². The molecule has 0 saturated carbocycles. The van der Waals surface area contributed by atoms with E-state index in [0.717, 1.165) is 12.1 Å². The van der Waals surface area contributed by atoms with Crippen molar-refractivity contribution in [1.82, 2.24) is 0 Å². The van der Waals surface area contributed by atoms with Crippen LogP contribution in [0.25, 0.3) is 0 Å². The van der Waals surface area contributed by atoms with Crippen LogP contribution in [0, 0.1) is 6.92 Å². The van der Waals surface area contributed by atoms with Gasteiger partial charge in [0, 0.05) is 11.4 Å². The molecule has 0 spiro atoms. The third-order valence-electron chi connectivity index (χ3n) is 4.63. The van der Waals surface area contributed by atoms with E-state index in [1.807, 2.05) is 6.92 Å². The zero-order chi connectivity index (χ0) is 24.2. The molecular weight excluding hydrogens is 457 g/mol. The highest BCUT2D eigenvalue weighted by Crippen LogP contribution is 2.32. The van der Waals surface area contributed by atoms with E-state index in [0.29, 0.717) is 23.6 Å². The first kappa shape index (κ1) is 24.1. The number of anilines is 2. The molecule has 6 nitrogen and oxygen atoms in total.